The first-order valence-corrected chi connectivity index (χ1v) is 7.27. The third-order valence-corrected chi connectivity index (χ3v) is 3.96. The summed E-state index contributed by atoms with van der Waals surface area (Å²) in [4.78, 5) is 12.3. The van der Waals surface area contributed by atoms with Crippen LogP contribution >= 0.6 is 11.6 Å². The molecule has 0 spiro atoms. The van der Waals surface area contributed by atoms with Gasteiger partial charge in [-0.2, -0.15) is 15.0 Å². The summed E-state index contributed by atoms with van der Waals surface area (Å²) in [6, 6.07) is 0.682. The molecule has 1 aromatic heterocycles. The average Bonchev–Trinajstić information content (AvgIpc) is 2.33. The van der Waals surface area contributed by atoms with E-state index >= 15 is 0 Å². The Bertz CT molecular complexity index is 429. The lowest BCUT2D eigenvalue weighted by Gasteiger charge is -2.32. The number of nitrogens with one attached hydrogen (secondary N) is 1. The van der Waals surface area contributed by atoms with Gasteiger partial charge in [0.1, 0.15) is 0 Å². The number of anilines is 1. The summed E-state index contributed by atoms with van der Waals surface area (Å²) in [5, 5.41) is 3.51. The summed E-state index contributed by atoms with van der Waals surface area (Å²) in [6.45, 7) is 7.01. The number of rotatable bonds is 4. The van der Waals surface area contributed by atoms with E-state index in [1.165, 1.54) is 6.42 Å². The SMILES string of the molecule is CCOc1nc(Cl)nc(NC2CCC(C)C(C)C2)n1. The number of nitrogens with zero attached hydrogens (tertiary/aromatic N) is 3. The predicted octanol–water partition coefficient (Wildman–Crippen LogP) is 3.16. The number of halogens is 1. The normalized spacial score (nSPS) is 27.1. The van der Waals surface area contributed by atoms with E-state index in [0.29, 0.717) is 18.6 Å². The van der Waals surface area contributed by atoms with E-state index in [4.69, 9.17) is 16.3 Å². The molecule has 1 aromatic rings. The molecule has 1 aliphatic carbocycles. The molecule has 1 saturated carbocycles. The Labute approximate surface area is 119 Å². The minimum Gasteiger partial charge on any atom is -0.464 e. The molecule has 0 bridgehead atoms. The molecule has 0 aromatic carbocycles. The molecule has 19 heavy (non-hydrogen) atoms. The van der Waals surface area contributed by atoms with Crippen molar-refractivity contribution in [3.63, 3.8) is 0 Å². The molecule has 0 saturated heterocycles. The summed E-state index contributed by atoms with van der Waals surface area (Å²) >= 11 is 5.87. The molecule has 106 valence electrons. The topological polar surface area (TPSA) is 59.9 Å². The van der Waals surface area contributed by atoms with Crippen molar-refractivity contribution in [3.05, 3.63) is 5.28 Å². The van der Waals surface area contributed by atoms with Crippen LogP contribution in [0.4, 0.5) is 5.95 Å². The minimum atomic E-state index is 0.165. The van der Waals surface area contributed by atoms with Crippen LogP contribution in [0.1, 0.15) is 40.0 Å². The molecule has 0 aliphatic heterocycles. The summed E-state index contributed by atoms with van der Waals surface area (Å²) in [5.41, 5.74) is 0. The van der Waals surface area contributed by atoms with E-state index in [1.807, 2.05) is 6.92 Å². The smallest absolute Gasteiger partial charge is 0.322 e. The van der Waals surface area contributed by atoms with Crippen LogP contribution in [0.2, 0.25) is 5.28 Å². The van der Waals surface area contributed by atoms with Gasteiger partial charge < -0.3 is 10.1 Å². The van der Waals surface area contributed by atoms with Crippen LogP contribution in [0.3, 0.4) is 0 Å². The van der Waals surface area contributed by atoms with E-state index < -0.39 is 0 Å². The highest BCUT2D eigenvalue weighted by Crippen LogP contribution is 2.30. The van der Waals surface area contributed by atoms with Crippen LogP contribution in [0.5, 0.6) is 6.01 Å². The highest BCUT2D eigenvalue weighted by atomic mass is 35.5. The second-order valence-corrected chi connectivity index (χ2v) is 5.59. The van der Waals surface area contributed by atoms with Crippen LogP contribution in [-0.4, -0.2) is 27.6 Å². The first-order valence-electron chi connectivity index (χ1n) is 6.89. The number of ether oxygens (including phenoxy) is 1. The molecule has 1 N–H and O–H groups in total. The Morgan fingerprint density at radius 3 is 2.68 bits per heavy atom. The van der Waals surface area contributed by atoms with Crippen molar-refractivity contribution in [2.75, 3.05) is 11.9 Å². The molecule has 1 heterocycles. The standard InChI is InChI=1S/C13H21ClN4O/c1-4-19-13-17-11(14)16-12(18-13)15-10-6-5-8(2)9(3)7-10/h8-10H,4-7H2,1-3H3,(H,15,16,17,18). The summed E-state index contributed by atoms with van der Waals surface area (Å²) in [5.74, 6) is 2.02. The molecule has 6 heteroatoms. The van der Waals surface area contributed by atoms with E-state index in [-0.39, 0.29) is 11.3 Å². The van der Waals surface area contributed by atoms with Crippen molar-refractivity contribution >= 4 is 17.5 Å². The summed E-state index contributed by atoms with van der Waals surface area (Å²) in [7, 11) is 0. The van der Waals surface area contributed by atoms with Gasteiger partial charge in [-0.25, -0.2) is 0 Å². The van der Waals surface area contributed by atoms with Crippen LogP contribution in [0, 0.1) is 11.8 Å². The largest absolute Gasteiger partial charge is 0.464 e. The van der Waals surface area contributed by atoms with Crippen LogP contribution in [-0.2, 0) is 0 Å². The van der Waals surface area contributed by atoms with Gasteiger partial charge in [0.2, 0.25) is 11.2 Å². The van der Waals surface area contributed by atoms with Gasteiger partial charge in [0.25, 0.3) is 0 Å². The first kappa shape index (κ1) is 14.3. The maximum Gasteiger partial charge on any atom is 0.322 e. The van der Waals surface area contributed by atoms with Crippen molar-refractivity contribution in [1.82, 2.24) is 15.0 Å². The van der Waals surface area contributed by atoms with Gasteiger partial charge in [-0.3, -0.25) is 0 Å². The Morgan fingerprint density at radius 2 is 2.00 bits per heavy atom. The molecular weight excluding hydrogens is 264 g/mol. The predicted molar refractivity (Wildman–Crippen MR) is 75.6 cm³/mol. The van der Waals surface area contributed by atoms with E-state index in [1.54, 1.807) is 0 Å². The van der Waals surface area contributed by atoms with Crippen LogP contribution in [0.15, 0.2) is 0 Å². The van der Waals surface area contributed by atoms with Crippen molar-refractivity contribution < 1.29 is 4.74 Å². The Morgan fingerprint density at radius 1 is 1.21 bits per heavy atom. The summed E-state index contributed by atoms with van der Waals surface area (Å²) in [6.07, 6.45) is 3.50. The van der Waals surface area contributed by atoms with E-state index in [0.717, 1.165) is 24.7 Å². The quantitative estimate of drug-likeness (QED) is 0.920. The Balaban J connectivity index is 2.02. The van der Waals surface area contributed by atoms with E-state index in [9.17, 15) is 0 Å². The zero-order valence-corrected chi connectivity index (χ0v) is 12.4. The fourth-order valence-electron chi connectivity index (χ4n) is 2.45. The second kappa shape index (κ2) is 6.37. The third kappa shape index (κ3) is 3.93. The molecule has 1 fully saturated rings. The lowest BCUT2D eigenvalue weighted by Crippen LogP contribution is -2.31. The van der Waals surface area contributed by atoms with Crippen LogP contribution < -0.4 is 10.1 Å². The lowest BCUT2D eigenvalue weighted by atomic mass is 9.79. The van der Waals surface area contributed by atoms with E-state index in [2.05, 4.69) is 34.1 Å². The lowest BCUT2D eigenvalue weighted by molar-refractivity contribution is 0.260. The molecule has 0 amide bonds. The van der Waals surface area contributed by atoms with Gasteiger partial charge in [0.05, 0.1) is 6.61 Å². The summed E-state index contributed by atoms with van der Waals surface area (Å²) < 4.78 is 5.27. The van der Waals surface area contributed by atoms with Gasteiger partial charge in [0, 0.05) is 6.04 Å². The number of hydrogen-bond acceptors (Lipinski definition) is 5. The van der Waals surface area contributed by atoms with Gasteiger partial charge >= 0.3 is 6.01 Å². The number of hydrogen-bond donors (Lipinski definition) is 1. The third-order valence-electron chi connectivity index (χ3n) is 3.79. The van der Waals surface area contributed by atoms with Gasteiger partial charge in [0.15, 0.2) is 0 Å². The van der Waals surface area contributed by atoms with Gasteiger partial charge in [-0.1, -0.05) is 13.8 Å². The second-order valence-electron chi connectivity index (χ2n) is 5.25. The molecule has 3 unspecified atom stereocenters. The first-order chi connectivity index (χ1) is 9.08. The Kier molecular flexibility index (Phi) is 4.80. The molecule has 1 aliphatic rings. The van der Waals surface area contributed by atoms with Crippen LogP contribution in [0.25, 0.3) is 0 Å². The Hall–Kier alpha value is -1.10. The minimum absolute atomic E-state index is 0.165. The highest BCUT2D eigenvalue weighted by Gasteiger charge is 2.25. The molecule has 2 rings (SSSR count). The molecule has 0 radical (unpaired) electrons. The maximum absolute atomic E-state index is 5.87. The van der Waals surface area contributed by atoms with Gasteiger partial charge in [-0.15, -0.1) is 0 Å². The van der Waals surface area contributed by atoms with Crippen molar-refractivity contribution in [2.45, 2.75) is 46.1 Å². The van der Waals surface area contributed by atoms with Crippen molar-refractivity contribution in [1.29, 1.82) is 0 Å². The monoisotopic (exact) mass is 284 g/mol. The molecule has 5 nitrogen and oxygen atoms in total. The fraction of sp³-hybridized carbons (Fsp3) is 0.769. The molecular formula is C13H21ClN4O. The fourth-order valence-corrected chi connectivity index (χ4v) is 2.60. The van der Waals surface area contributed by atoms with Crippen molar-refractivity contribution in [3.8, 4) is 6.01 Å². The zero-order valence-electron chi connectivity index (χ0n) is 11.7. The maximum atomic E-state index is 5.87. The highest BCUT2D eigenvalue weighted by molar-refractivity contribution is 6.28. The molecule has 3 atom stereocenters. The number of aromatic nitrogens is 3. The van der Waals surface area contributed by atoms with Crippen molar-refractivity contribution in [2.24, 2.45) is 11.8 Å². The zero-order chi connectivity index (χ0) is 13.8. The average molecular weight is 285 g/mol. The van der Waals surface area contributed by atoms with Gasteiger partial charge in [-0.05, 0) is 49.6 Å².